The van der Waals surface area contributed by atoms with Gasteiger partial charge in [0.25, 0.3) is 0 Å². The highest BCUT2D eigenvalue weighted by Gasteiger charge is 2.19. The maximum absolute atomic E-state index is 8.95. The molecule has 1 aliphatic heterocycles. The van der Waals surface area contributed by atoms with E-state index in [9.17, 15) is 0 Å². The molecule has 3 N–H and O–H groups in total. The standard InChI is InChI=1S/C12H16N6/c1-8(2)17-12-11(16-7-14)9(6-15-3)4-10(5-13)18-12/h4,6,8H,3,7,14H2,1-2H3,(H,17,18)/b9-6-,16-11+. The molecule has 1 aliphatic rings. The van der Waals surface area contributed by atoms with Crippen LogP contribution in [0.1, 0.15) is 13.8 Å². The summed E-state index contributed by atoms with van der Waals surface area (Å²) in [7, 11) is 0. The van der Waals surface area contributed by atoms with Crippen LogP contribution in [0.3, 0.4) is 0 Å². The Hall–Kier alpha value is -2.26. The van der Waals surface area contributed by atoms with Crippen LogP contribution in [0.25, 0.3) is 0 Å². The molecule has 0 aromatic carbocycles. The number of nitrogens with zero attached hydrogens (tertiary/aromatic N) is 4. The first kappa shape index (κ1) is 13.8. The van der Waals surface area contributed by atoms with Crippen molar-refractivity contribution in [1.29, 1.82) is 5.26 Å². The lowest BCUT2D eigenvalue weighted by Gasteiger charge is -2.18. The number of nitriles is 1. The third-order valence-electron chi connectivity index (χ3n) is 2.04. The molecule has 0 saturated carbocycles. The van der Waals surface area contributed by atoms with E-state index in [4.69, 9.17) is 11.0 Å². The molecular weight excluding hydrogens is 228 g/mol. The number of aliphatic imine (C=N–C) groups is 3. The highest BCUT2D eigenvalue weighted by atomic mass is 15.1. The normalized spacial score (nSPS) is 19.5. The second-order valence-corrected chi connectivity index (χ2v) is 3.86. The summed E-state index contributed by atoms with van der Waals surface area (Å²) in [4.78, 5) is 12.1. The summed E-state index contributed by atoms with van der Waals surface area (Å²) in [5.41, 5.74) is 7.01. The zero-order chi connectivity index (χ0) is 13.5. The largest absolute Gasteiger partial charge is 0.366 e. The third-order valence-corrected chi connectivity index (χ3v) is 2.04. The van der Waals surface area contributed by atoms with Crippen molar-refractivity contribution < 1.29 is 0 Å². The fraction of sp³-hybridized carbons (Fsp3) is 0.333. The van der Waals surface area contributed by atoms with Crippen LogP contribution >= 0.6 is 0 Å². The molecule has 0 saturated heterocycles. The van der Waals surface area contributed by atoms with Crippen molar-refractivity contribution in [2.45, 2.75) is 19.9 Å². The Labute approximate surface area is 106 Å². The third kappa shape index (κ3) is 3.37. The van der Waals surface area contributed by atoms with Crippen molar-refractivity contribution in [3.05, 3.63) is 23.5 Å². The SMILES string of the molecule is C=N/C=C1/C=C(C#N)N=C(NC(C)C)/C1=N/CN. The van der Waals surface area contributed by atoms with Crippen LogP contribution in [0.4, 0.5) is 0 Å². The van der Waals surface area contributed by atoms with E-state index < -0.39 is 0 Å². The highest BCUT2D eigenvalue weighted by Crippen LogP contribution is 2.14. The topological polar surface area (TPSA) is 98.9 Å². The predicted octanol–water partition coefficient (Wildman–Crippen LogP) is 0.746. The Balaban J connectivity index is 3.26. The second kappa shape index (κ2) is 6.47. The van der Waals surface area contributed by atoms with E-state index in [2.05, 4.69) is 27.0 Å². The Morgan fingerprint density at radius 2 is 2.39 bits per heavy atom. The minimum Gasteiger partial charge on any atom is -0.366 e. The molecule has 6 heteroatoms. The van der Waals surface area contributed by atoms with E-state index in [0.717, 1.165) is 0 Å². The van der Waals surface area contributed by atoms with Crippen LogP contribution in [0, 0.1) is 11.3 Å². The molecule has 0 fully saturated rings. The van der Waals surface area contributed by atoms with Crippen LogP contribution in [-0.4, -0.2) is 31.0 Å². The van der Waals surface area contributed by atoms with Crippen molar-refractivity contribution in [1.82, 2.24) is 5.32 Å². The first-order valence-electron chi connectivity index (χ1n) is 5.50. The fourth-order valence-electron chi connectivity index (χ4n) is 1.44. The number of hydrogen-bond donors (Lipinski definition) is 2. The van der Waals surface area contributed by atoms with Gasteiger partial charge in [-0.05, 0) is 26.6 Å². The van der Waals surface area contributed by atoms with Crippen LogP contribution in [0.2, 0.25) is 0 Å². The van der Waals surface area contributed by atoms with Gasteiger partial charge in [0.15, 0.2) is 5.84 Å². The molecule has 0 unspecified atom stereocenters. The van der Waals surface area contributed by atoms with Crippen LogP contribution < -0.4 is 11.1 Å². The summed E-state index contributed by atoms with van der Waals surface area (Å²) in [5.74, 6) is 0.532. The minimum atomic E-state index is 0.137. The van der Waals surface area contributed by atoms with Gasteiger partial charge in [-0.1, -0.05) is 0 Å². The van der Waals surface area contributed by atoms with E-state index in [0.29, 0.717) is 22.8 Å². The molecule has 0 atom stereocenters. The first-order valence-corrected chi connectivity index (χ1v) is 5.50. The van der Waals surface area contributed by atoms with Crippen molar-refractivity contribution in [3.63, 3.8) is 0 Å². The van der Waals surface area contributed by atoms with E-state index in [-0.39, 0.29) is 12.7 Å². The number of nitrogens with one attached hydrogen (secondary N) is 1. The minimum absolute atomic E-state index is 0.137. The number of hydrogen-bond acceptors (Lipinski definition) is 6. The van der Waals surface area contributed by atoms with Crippen molar-refractivity contribution in [2.75, 3.05) is 6.67 Å². The number of allylic oxidation sites excluding steroid dienone is 2. The van der Waals surface area contributed by atoms with Gasteiger partial charge in [0.2, 0.25) is 0 Å². The molecule has 94 valence electrons. The van der Waals surface area contributed by atoms with Gasteiger partial charge >= 0.3 is 0 Å². The average molecular weight is 244 g/mol. The number of nitrogens with two attached hydrogens (primary N) is 1. The Bertz CT molecular complexity index is 487. The number of amidine groups is 1. The Morgan fingerprint density at radius 1 is 1.67 bits per heavy atom. The molecule has 0 bridgehead atoms. The van der Waals surface area contributed by atoms with Gasteiger partial charge in [0, 0.05) is 17.8 Å². The quantitative estimate of drug-likeness (QED) is 0.716. The zero-order valence-corrected chi connectivity index (χ0v) is 10.5. The van der Waals surface area contributed by atoms with Gasteiger partial charge < -0.3 is 11.1 Å². The van der Waals surface area contributed by atoms with Crippen molar-refractivity contribution >= 4 is 18.3 Å². The highest BCUT2D eigenvalue weighted by molar-refractivity contribution is 6.49. The monoisotopic (exact) mass is 244 g/mol. The molecule has 1 rings (SSSR count). The van der Waals surface area contributed by atoms with Gasteiger partial charge in [0.05, 0.1) is 6.67 Å². The molecule has 0 aromatic heterocycles. The van der Waals surface area contributed by atoms with Crippen molar-refractivity contribution in [3.8, 4) is 6.07 Å². The van der Waals surface area contributed by atoms with Gasteiger partial charge in [-0.2, -0.15) is 5.26 Å². The maximum Gasteiger partial charge on any atom is 0.153 e. The molecule has 0 radical (unpaired) electrons. The average Bonchev–Trinajstić information content (AvgIpc) is 2.32. The summed E-state index contributed by atoms with van der Waals surface area (Å²) in [6.07, 6.45) is 3.14. The lowest BCUT2D eigenvalue weighted by atomic mass is 10.1. The second-order valence-electron chi connectivity index (χ2n) is 3.86. The molecule has 6 nitrogen and oxygen atoms in total. The van der Waals surface area contributed by atoms with Crippen molar-refractivity contribution in [2.24, 2.45) is 20.7 Å². The maximum atomic E-state index is 8.95. The molecule has 0 aliphatic carbocycles. The Kier molecular flexibility index (Phi) is 4.96. The molecule has 18 heavy (non-hydrogen) atoms. The van der Waals surface area contributed by atoms with E-state index in [1.165, 1.54) is 6.20 Å². The fourth-order valence-corrected chi connectivity index (χ4v) is 1.44. The molecule has 1 heterocycles. The van der Waals surface area contributed by atoms with E-state index >= 15 is 0 Å². The molecule has 0 aromatic rings. The lowest BCUT2D eigenvalue weighted by molar-refractivity contribution is 0.736. The summed E-state index contributed by atoms with van der Waals surface area (Å²) < 4.78 is 0. The van der Waals surface area contributed by atoms with Gasteiger partial charge in [-0.25, -0.2) is 4.99 Å². The van der Waals surface area contributed by atoms with Crippen LogP contribution in [-0.2, 0) is 0 Å². The summed E-state index contributed by atoms with van der Waals surface area (Å²) in [6, 6.07) is 2.17. The molecule has 0 amide bonds. The van der Waals surface area contributed by atoms with Crippen LogP contribution in [0.5, 0.6) is 0 Å². The van der Waals surface area contributed by atoms with Gasteiger partial charge in [0.1, 0.15) is 17.5 Å². The zero-order valence-electron chi connectivity index (χ0n) is 10.5. The number of rotatable bonds is 3. The lowest BCUT2D eigenvalue weighted by Crippen LogP contribution is -2.38. The first-order chi connectivity index (χ1) is 8.62. The molecular formula is C12H16N6. The summed E-state index contributed by atoms with van der Waals surface area (Å²) in [6.45, 7) is 7.49. The summed E-state index contributed by atoms with van der Waals surface area (Å²) in [5, 5.41) is 12.1. The van der Waals surface area contributed by atoms with E-state index in [1.54, 1.807) is 6.08 Å². The van der Waals surface area contributed by atoms with E-state index in [1.807, 2.05) is 19.9 Å². The van der Waals surface area contributed by atoms with Crippen LogP contribution in [0.15, 0.2) is 38.5 Å². The smallest absolute Gasteiger partial charge is 0.153 e. The predicted molar refractivity (Wildman–Crippen MR) is 73.5 cm³/mol. The molecule has 0 spiro atoms. The van der Waals surface area contributed by atoms with Gasteiger partial charge in [-0.15, -0.1) is 0 Å². The van der Waals surface area contributed by atoms with Gasteiger partial charge in [-0.3, -0.25) is 9.98 Å². The summed E-state index contributed by atoms with van der Waals surface area (Å²) >= 11 is 0. The Morgan fingerprint density at radius 3 is 2.89 bits per heavy atom.